The van der Waals surface area contributed by atoms with Crippen LogP contribution in [0.15, 0.2) is 36.7 Å². The van der Waals surface area contributed by atoms with E-state index >= 15 is 0 Å². The number of aromatic amines is 1. The normalized spacial score (nSPS) is 10.5. The molecule has 1 aromatic carbocycles. The maximum Gasteiger partial charge on any atom is 0.0479 e. The Morgan fingerprint density at radius 1 is 1.33 bits per heavy atom. The SMILES string of the molecule is COCCCNc1ccc(N)c(-c2cc[nH]c2)c1. The Hall–Kier alpha value is -1.94. The fourth-order valence-corrected chi connectivity index (χ4v) is 1.86. The van der Waals surface area contributed by atoms with Crippen LogP contribution in [0, 0.1) is 0 Å². The van der Waals surface area contributed by atoms with E-state index in [-0.39, 0.29) is 0 Å². The van der Waals surface area contributed by atoms with Crippen molar-refractivity contribution < 1.29 is 4.74 Å². The second-order valence-corrected chi connectivity index (χ2v) is 4.17. The topological polar surface area (TPSA) is 63.1 Å². The highest BCUT2D eigenvalue weighted by Gasteiger charge is 2.04. The van der Waals surface area contributed by atoms with Crippen LogP contribution in [0.2, 0.25) is 0 Å². The van der Waals surface area contributed by atoms with Crippen molar-refractivity contribution in [3.8, 4) is 11.1 Å². The minimum absolute atomic E-state index is 0.770. The molecule has 4 nitrogen and oxygen atoms in total. The molecular weight excluding hydrogens is 226 g/mol. The summed E-state index contributed by atoms with van der Waals surface area (Å²) in [4.78, 5) is 3.04. The average molecular weight is 245 g/mol. The van der Waals surface area contributed by atoms with E-state index in [2.05, 4.69) is 16.4 Å². The summed E-state index contributed by atoms with van der Waals surface area (Å²) in [6, 6.07) is 8.02. The molecule has 0 radical (unpaired) electrons. The smallest absolute Gasteiger partial charge is 0.0479 e. The molecule has 0 amide bonds. The first-order valence-corrected chi connectivity index (χ1v) is 6.07. The Kier molecular flexibility index (Phi) is 4.25. The molecule has 0 fully saturated rings. The van der Waals surface area contributed by atoms with Gasteiger partial charge in [0, 0.05) is 55.2 Å². The number of nitrogens with one attached hydrogen (secondary N) is 2. The summed E-state index contributed by atoms with van der Waals surface area (Å²) in [7, 11) is 1.72. The number of ether oxygens (including phenoxy) is 1. The summed E-state index contributed by atoms with van der Waals surface area (Å²) in [6.07, 6.45) is 4.83. The van der Waals surface area contributed by atoms with Gasteiger partial charge >= 0.3 is 0 Å². The summed E-state index contributed by atoms with van der Waals surface area (Å²) in [5.74, 6) is 0. The van der Waals surface area contributed by atoms with Gasteiger partial charge < -0.3 is 20.8 Å². The quantitative estimate of drug-likeness (QED) is 0.541. The molecule has 0 saturated heterocycles. The zero-order chi connectivity index (χ0) is 12.8. The van der Waals surface area contributed by atoms with Gasteiger partial charge in [0.25, 0.3) is 0 Å². The van der Waals surface area contributed by atoms with Crippen molar-refractivity contribution in [1.29, 1.82) is 0 Å². The van der Waals surface area contributed by atoms with Gasteiger partial charge in [0.15, 0.2) is 0 Å². The van der Waals surface area contributed by atoms with E-state index in [1.165, 1.54) is 0 Å². The summed E-state index contributed by atoms with van der Waals surface area (Å²) in [6.45, 7) is 1.66. The number of nitrogens with two attached hydrogens (primary N) is 1. The number of aromatic nitrogens is 1. The van der Waals surface area contributed by atoms with Crippen molar-refractivity contribution in [3.63, 3.8) is 0 Å². The largest absolute Gasteiger partial charge is 0.398 e. The van der Waals surface area contributed by atoms with Crippen LogP contribution in [0.4, 0.5) is 11.4 Å². The third-order valence-corrected chi connectivity index (χ3v) is 2.82. The second kappa shape index (κ2) is 6.12. The van der Waals surface area contributed by atoms with Crippen LogP contribution < -0.4 is 11.1 Å². The Morgan fingerprint density at radius 2 is 2.22 bits per heavy atom. The third-order valence-electron chi connectivity index (χ3n) is 2.82. The standard InChI is InChI=1S/C14H19N3O/c1-18-8-2-6-17-12-3-4-14(15)13(9-12)11-5-7-16-10-11/h3-5,7,9-10,16-17H,2,6,8,15H2,1H3. The molecule has 0 atom stereocenters. The van der Waals surface area contributed by atoms with Crippen LogP contribution in [0.25, 0.3) is 11.1 Å². The van der Waals surface area contributed by atoms with E-state index < -0.39 is 0 Å². The lowest BCUT2D eigenvalue weighted by Crippen LogP contribution is -2.04. The molecule has 0 aliphatic rings. The molecule has 0 saturated carbocycles. The third kappa shape index (κ3) is 3.05. The van der Waals surface area contributed by atoms with Crippen molar-refractivity contribution in [2.45, 2.75) is 6.42 Å². The minimum atomic E-state index is 0.770. The summed E-state index contributed by atoms with van der Waals surface area (Å²) in [5.41, 5.74) is 10.0. The van der Waals surface area contributed by atoms with Gasteiger partial charge in [-0.1, -0.05) is 0 Å². The van der Waals surface area contributed by atoms with Gasteiger partial charge in [0.05, 0.1) is 0 Å². The molecule has 0 aliphatic carbocycles. The first kappa shape index (κ1) is 12.5. The molecule has 0 unspecified atom stereocenters. The van der Waals surface area contributed by atoms with Crippen molar-refractivity contribution in [2.24, 2.45) is 0 Å². The molecule has 0 aliphatic heterocycles. The van der Waals surface area contributed by atoms with Crippen molar-refractivity contribution in [2.75, 3.05) is 31.3 Å². The highest BCUT2D eigenvalue weighted by Crippen LogP contribution is 2.28. The molecule has 96 valence electrons. The van der Waals surface area contributed by atoms with Crippen LogP contribution in [-0.2, 0) is 4.74 Å². The predicted octanol–water partition coefficient (Wildman–Crippen LogP) is 2.71. The van der Waals surface area contributed by atoms with Crippen molar-refractivity contribution >= 4 is 11.4 Å². The van der Waals surface area contributed by atoms with Gasteiger partial charge in [-0.25, -0.2) is 0 Å². The van der Waals surface area contributed by atoms with Gasteiger partial charge in [-0.05, 0) is 30.7 Å². The van der Waals surface area contributed by atoms with E-state index in [0.717, 1.165) is 42.1 Å². The number of H-pyrrole nitrogens is 1. The first-order valence-electron chi connectivity index (χ1n) is 6.07. The summed E-state index contributed by atoms with van der Waals surface area (Å²) >= 11 is 0. The lowest BCUT2D eigenvalue weighted by atomic mass is 10.1. The van der Waals surface area contributed by atoms with Gasteiger partial charge in [0.1, 0.15) is 0 Å². The second-order valence-electron chi connectivity index (χ2n) is 4.17. The number of hydrogen-bond donors (Lipinski definition) is 3. The molecule has 1 aromatic heterocycles. The van der Waals surface area contributed by atoms with E-state index in [0.29, 0.717) is 0 Å². The number of nitrogen functional groups attached to an aromatic ring is 1. The van der Waals surface area contributed by atoms with Crippen LogP contribution >= 0.6 is 0 Å². The highest BCUT2D eigenvalue weighted by atomic mass is 16.5. The number of hydrogen-bond acceptors (Lipinski definition) is 3. The number of anilines is 2. The molecule has 4 heteroatoms. The van der Waals surface area contributed by atoms with Crippen LogP contribution in [-0.4, -0.2) is 25.2 Å². The number of benzene rings is 1. The average Bonchev–Trinajstić information content (AvgIpc) is 2.90. The lowest BCUT2D eigenvalue weighted by molar-refractivity contribution is 0.198. The van der Waals surface area contributed by atoms with Crippen molar-refractivity contribution in [3.05, 3.63) is 36.7 Å². The van der Waals surface area contributed by atoms with Gasteiger partial charge in [-0.2, -0.15) is 0 Å². The summed E-state index contributed by atoms with van der Waals surface area (Å²) < 4.78 is 5.02. The zero-order valence-corrected chi connectivity index (χ0v) is 10.6. The number of methoxy groups -OCH3 is 1. The predicted molar refractivity (Wildman–Crippen MR) is 75.6 cm³/mol. The molecule has 2 aromatic rings. The van der Waals surface area contributed by atoms with E-state index in [9.17, 15) is 0 Å². The molecule has 2 rings (SSSR count). The summed E-state index contributed by atoms with van der Waals surface area (Å²) in [5, 5.41) is 3.36. The highest BCUT2D eigenvalue weighted by molar-refractivity contribution is 5.79. The monoisotopic (exact) mass is 245 g/mol. The molecule has 18 heavy (non-hydrogen) atoms. The Morgan fingerprint density at radius 3 is 2.94 bits per heavy atom. The Balaban J connectivity index is 2.07. The van der Waals surface area contributed by atoms with E-state index in [1.54, 1.807) is 7.11 Å². The maximum atomic E-state index is 6.00. The lowest BCUT2D eigenvalue weighted by Gasteiger charge is -2.10. The molecule has 1 heterocycles. The zero-order valence-electron chi connectivity index (χ0n) is 10.6. The van der Waals surface area contributed by atoms with E-state index in [4.69, 9.17) is 10.5 Å². The Bertz CT molecular complexity index is 480. The van der Waals surface area contributed by atoms with Crippen molar-refractivity contribution in [1.82, 2.24) is 4.98 Å². The molecule has 4 N–H and O–H groups in total. The van der Waals surface area contributed by atoms with Crippen LogP contribution in [0.1, 0.15) is 6.42 Å². The van der Waals surface area contributed by atoms with E-state index in [1.807, 2.05) is 30.6 Å². The van der Waals surface area contributed by atoms with Gasteiger partial charge in [-0.15, -0.1) is 0 Å². The number of rotatable bonds is 6. The fourth-order valence-electron chi connectivity index (χ4n) is 1.86. The molecule has 0 spiro atoms. The van der Waals surface area contributed by atoms with Gasteiger partial charge in [-0.3, -0.25) is 0 Å². The van der Waals surface area contributed by atoms with Crippen LogP contribution in [0.3, 0.4) is 0 Å². The molecular formula is C14H19N3O. The molecule has 0 bridgehead atoms. The Labute approximate surface area is 107 Å². The first-order chi connectivity index (χ1) is 8.81. The minimum Gasteiger partial charge on any atom is -0.398 e. The van der Waals surface area contributed by atoms with Gasteiger partial charge in [0.2, 0.25) is 0 Å². The maximum absolute atomic E-state index is 6.00. The fraction of sp³-hybridized carbons (Fsp3) is 0.286. The van der Waals surface area contributed by atoms with Crippen LogP contribution in [0.5, 0.6) is 0 Å².